The summed E-state index contributed by atoms with van der Waals surface area (Å²) in [5, 5.41) is 11.1. The number of carbonyl (C=O) groups excluding carboxylic acids is 1. The molecule has 1 N–H and O–H groups in total. The summed E-state index contributed by atoms with van der Waals surface area (Å²) in [5.41, 5.74) is 3.36. The topological polar surface area (TPSA) is 85.1 Å². The number of nitrogens with one attached hydrogen (secondary N) is 1. The van der Waals surface area contributed by atoms with E-state index in [0.29, 0.717) is 22.2 Å². The highest BCUT2D eigenvalue weighted by Gasteiger charge is 2.25. The van der Waals surface area contributed by atoms with Crippen molar-refractivity contribution in [3.63, 3.8) is 0 Å². The molecule has 4 rings (SSSR count). The average molecular weight is 329 g/mol. The third-order valence-electron chi connectivity index (χ3n) is 4.15. The maximum absolute atomic E-state index is 12.6. The molecule has 0 spiro atoms. The second-order valence-electron chi connectivity index (χ2n) is 5.60. The molecule has 3 heterocycles. The van der Waals surface area contributed by atoms with Crippen LogP contribution in [0.15, 0.2) is 24.8 Å². The van der Waals surface area contributed by atoms with Gasteiger partial charge in [0.1, 0.15) is 6.33 Å². The first-order chi connectivity index (χ1) is 11.1. The standard InChI is InChI=1S/C15H13ClN6O/c1-8-2-3-12-10(8)4-11(13-21-19-7-22(12)13)14(23)20-15-17-5-9(16)6-18-15/h4-8H,2-3H2,1H3,(H,17,18,20,23)/t8-/m1/s1. The lowest BCUT2D eigenvalue weighted by molar-refractivity contribution is 0.102. The quantitative estimate of drug-likeness (QED) is 0.781. The number of amides is 1. The van der Waals surface area contributed by atoms with Gasteiger partial charge in [-0.05, 0) is 30.4 Å². The number of hydrogen-bond acceptors (Lipinski definition) is 5. The van der Waals surface area contributed by atoms with Crippen LogP contribution in [0, 0.1) is 0 Å². The Morgan fingerprint density at radius 1 is 1.39 bits per heavy atom. The van der Waals surface area contributed by atoms with Gasteiger partial charge in [-0.25, -0.2) is 9.97 Å². The van der Waals surface area contributed by atoms with Crippen LogP contribution in [0.5, 0.6) is 0 Å². The largest absolute Gasteiger partial charge is 0.290 e. The van der Waals surface area contributed by atoms with Crippen LogP contribution < -0.4 is 5.32 Å². The summed E-state index contributed by atoms with van der Waals surface area (Å²) in [7, 11) is 0. The van der Waals surface area contributed by atoms with Crippen LogP contribution in [0.25, 0.3) is 5.65 Å². The van der Waals surface area contributed by atoms with E-state index in [0.717, 1.165) is 12.8 Å². The minimum Gasteiger partial charge on any atom is -0.290 e. The molecule has 116 valence electrons. The molecule has 7 nitrogen and oxygen atoms in total. The van der Waals surface area contributed by atoms with E-state index in [-0.39, 0.29) is 11.9 Å². The Labute approximate surface area is 136 Å². The summed E-state index contributed by atoms with van der Waals surface area (Å²) in [6.45, 7) is 2.16. The highest BCUT2D eigenvalue weighted by Crippen LogP contribution is 2.34. The molecule has 1 atom stereocenters. The average Bonchev–Trinajstić information content (AvgIpc) is 3.15. The van der Waals surface area contributed by atoms with Gasteiger partial charge in [-0.1, -0.05) is 18.5 Å². The predicted octanol–water partition coefficient (Wildman–Crippen LogP) is 2.47. The monoisotopic (exact) mass is 328 g/mol. The summed E-state index contributed by atoms with van der Waals surface area (Å²) in [4.78, 5) is 20.6. The molecule has 0 radical (unpaired) electrons. The second kappa shape index (κ2) is 5.27. The van der Waals surface area contributed by atoms with Crippen molar-refractivity contribution in [2.45, 2.75) is 25.7 Å². The van der Waals surface area contributed by atoms with Crippen molar-refractivity contribution in [1.82, 2.24) is 24.6 Å². The number of carbonyl (C=O) groups is 1. The first-order valence-corrected chi connectivity index (χ1v) is 7.65. The van der Waals surface area contributed by atoms with Gasteiger partial charge in [-0.15, -0.1) is 10.2 Å². The number of hydrogen-bond donors (Lipinski definition) is 1. The molecule has 0 bridgehead atoms. The van der Waals surface area contributed by atoms with Crippen LogP contribution in [0.4, 0.5) is 5.95 Å². The molecule has 1 aliphatic rings. The lowest BCUT2D eigenvalue weighted by atomic mass is 10.0. The molecule has 0 saturated heterocycles. The normalized spacial score (nSPS) is 16.5. The van der Waals surface area contributed by atoms with Crippen LogP contribution in [0.2, 0.25) is 5.02 Å². The Hall–Kier alpha value is -2.54. The van der Waals surface area contributed by atoms with E-state index in [9.17, 15) is 4.79 Å². The van der Waals surface area contributed by atoms with Gasteiger partial charge < -0.3 is 0 Å². The highest BCUT2D eigenvalue weighted by molar-refractivity contribution is 6.30. The molecule has 0 aromatic carbocycles. The summed E-state index contributed by atoms with van der Waals surface area (Å²) in [6.07, 6.45) is 6.55. The minimum absolute atomic E-state index is 0.200. The van der Waals surface area contributed by atoms with Crippen molar-refractivity contribution in [3.05, 3.63) is 46.6 Å². The molecule has 0 aliphatic heterocycles. The molecule has 0 fully saturated rings. The van der Waals surface area contributed by atoms with E-state index in [1.165, 1.54) is 23.7 Å². The number of nitrogens with zero attached hydrogens (tertiary/aromatic N) is 5. The van der Waals surface area contributed by atoms with Gasteiger partial charge in [0.05, 0.1) is 23.0 Å². The summed E-state index contributed by atoms with van der Waals surface area (Å²) in [6, 6.07) is 1.91. The minimum atomic E-state index is -0.313. The van der Waals surface area contributed by atoms with Crippen molar-refractivity contribution < 1.29 is 4.79 Å². The van der Waals surface area contributed by atoms with E-state index in [1.807, 2.05) is 10.5 Å². The summed E-state index contributed by atoms with van der Waals surface area (Å²) >= 11 is 5.75. The molecule has 0 unspecified atom stereocenters. The molecule has 23 heavy (non-hydrogen) atoms. The van der Waals surface area contributed by atoms with Crippen molar-refractivity contribution in [2.75, 3.05) is 5.32 Å². The zero-order chi connectivity index (χ0) is 16.0. The maximum Gasteiger partial charge on any atom is 0.261 e. The van der Waals surface area contributed by atoms with Gasteiger partial charge >= 0.3 is 0 Å². The van der Waals surface area contributed by atoms with Gasteiger partial charge in [0.25, 0.3) is 5.91 Å². The molecule has 1 aliphatic carbocycles. The van der Waals surface area contributed by atoms with Gasteiger partial charge in [0, 0.05) is 5.69 Å². The fourth-order valence-electron chi connectivity index (χ4n) is 2.97. The number of anilines is 1. The SMILES string of the molecule is C[C@@H]1CCc2c1cc(C(=O)Nc1ncc(Cl)cn1)c1nncn21. The zero-order valence-electron chi connectivity index (χ0n) is 12.3. The summed E-state index contributed by atoms with van der Waals surface area (Å²) < 4.78 is 1.90. The number of halogens is 1. The Kier molecular flexibility index (Phi) is 3.23. The maximum atomic E-state index is 12.6. The van der Waals surface area contributed by atoms with Crippen LogP contribution in [-0.4, -0.2) is 30.5 Å². The Balaban J connectivity index is 1.76. The van der Waals surface area contributed by atoms with E-state index >= 15 is 0 Å². The molecule has 3 aromatic rings. The van der Waals surface area contributed by atoms with Gasteiger partial charge in [0.15, 0.2) is 5.65 Å². The molecular weight excluding hydrogens is 316 g/mol. The van der Waals surface area contributed by atoms with Crippen molar-refractivity contribution in [2.24, 2.45) is 0 Å². The van der Waals surface area contributed by atoms with Crippen molar-refractivity contribution in [1.29, 1.82) is 0 Å². The number of rotatable bonds is 2. The first-order valence-electron chi connectivity index (χ1n) is 7.28. The molecule has 1 amide bonds. The number of aryl methyl sites for hydroxylation is 1. The Morgan fingerprint density at radius 3 is 2.96 bits per heavy atom. The smallest absolute Gasteiger partial charge is 0.261 e. The van der Waals surface area contributed by atoms with Gasteiger partial charge in [-0.3, -0.25) is 14.5 Å². The lowest BCUT2D eigenvalue weighted by Crippen LogP contribution is -2.16. The van der Waals surface area contributed by atoms with Crippen LogP contribution in [-0.2, 0) is 6.42 Å². The Bertz CT molecular complexity index is 904. The third-order valence-corrected chi connectivity index (χ3v) is 4.34. The number of pyridine rings is 1. The Morgan fingerprint density at radius 2 is 2.17 bits per heavy atom. The van der Waals surface area contributed by atoms with E-state index in [2.05, 4.69) is 32.4 Å². The fraction of sp³-hybridized carbons (Fsp3) is 0.267. The van der Waals surface area contributed by atoms with Crippen LogP contribution in [0.3, 0.4) is 0 Å². The zero-order valence-corrected chi connectivity index (χ0v) is 13.1. The second-order valence-corrected chi connectivity index (χ2v) is 6.04. The molecule has 8 heteroatoms. The third kappa shape index (κ3) is 2.33. The van der Waals surface area contributed by atoms with Crippen molar-refractivity contribution in [3.8, 4) is 0 Å². The fourth-order valence-corrected chi connectivity index (χ4v) is 3.07. The predicted molar refractivity (Wildman–Crippen MR) is 84.7 cm³/mol. The van der Waals surface area contributed by atoms with E-state index in [1.54, 1.807) is 6.33 Å². The highest BCUT2D eigenvalue weighted by atomic mass is 35.5. The van der Waals surface area contributed by atoms with Gasteiger partial charge in [0.2, 0.25) is 5.95 Å². The van der Waals surface area contributed by atoms with Crippen LogP contribution >= 0.6 is 11.6 Å². The first kappa shape index (κ1) is 14.1. The van der Waals surface area contributed by atoms with Crippen LogP contribution in [0.1, 0.15) is 40.9 Å². The van der Waals surface area contributed by atoms with Crippen molar-refractivity contribution >= 4 is 29.1 Å². The summed E-state index contributed by atoms with van der Waals surface area (Å²) in [5.74, 6) is 0.299. The van der Waals surface area contributed by atoms with Gasteiger partial charge in [-0.2, -0.15) is 0 Å². The number of aromatic nitrogens is 5. The molecular formula is C15H13ClN6O. The molecule has 0 saturated carbocycles. The number of fused-ring (bicyclic) bond motifs is 3. The van der Waals surface area contributed by atoms with E-state index < -0.39 is 0 Å². The lowest BCUT2D eigenvalue weighted by Gasteiger charge is -2.10. The molecule has 3 aromatic heterocycles. The van der Waals surface area contributed by atoms with E-state index in [4.69, 9.17) is 11.6 Å².